The van der Waals surface area contributed by atoms with Gasteiger partial charge in [-0.3, -0.25) is 4.98 Å². The second-order valence-electron chi connectivity index (χ2n) is 7.99. The largest absolute Gasteiger partial charge is 0.382 e. The summed E-state index contributed by atoms with van der Waals surface area (Å²) in [5.74, 6) is 1.36. The van der Waals surface area contributed by atoms with E-state index in [1.807, 2.05) is 48.5 Å². The molecule has 0 aliphatic rings. The van der Waals surface area contributed by atoms with E-state index >= 15 is 0 Å². The van der Waals surface area contributed by atoms with Crippen LogP contribution in [0.3, 0.4) is 0 Å². The SMILES string of the molecule is Nc1nc2ccccc2c2c1nc(-c1ccccc1)n2CCCCNC(=S)Nc1cccnc1. The molecule has 0 spiro atoms. The number of aromatic nitrogens is 4. The Bertz CT molecular complexity index is 1430. The van der Waals surface area contributed by atoms with Crippen molar-refractivity contribution in [2.45, 2.75) is 19.4 Å². The number of unbranched alkanes of at least 4 members (excludes halogenated alkanes) is 1. The van der Waals surface area contributed by atoms with Crippen LogP contribution in [0.25, 0.3) is 33.3 Å². The second kappa shape index (κ2) is 9.84. The minimum atomic E-state index is 0.457. The van der Waals surface area contributed by atoms with Gasteiger partial charge in [0.1, 0.15) is 11.3 Å². The van der Waals surface area contributed by atoms with Gasteiger partial charge in [-0.05, 0) is 43.3 Å². The zero-order valence-electron chi connectivity index (χ0n) is 18.6. The first-order chi connectivity index (χ1) is 16.7. The predicted molar refractivity (Wildman–Crippen MR) is 143 cm³/mol. The van der Waals surface area contributed by atoms with Crippen LogP contribution in [0.15, 0.2) is 79.1 Å². The van der Waals surface area contributed by atoms with Gasteiger partial charge in [-0.15, -0.1) is 0 Å². The van der Waals surface area contributed by atoms with Crippen LogP contribution in [0, 0.1) is 0 Å². The fourth-order valence-corrected chi connectivity index (χ4v) is 4.31. The Morgan fingerprint density at radius 1 is 0.941 bits per heavy atom. The molecule has 0 atom stereocenters. The van der Waals surface area contributed by atoms with Gasteiger partial charge in [-0.25, -0.2) is 9.97 Å². The van der Waals surface area contributed by atoms with E-state index in [0.29, 0.717) is 10.9 Å². The van der Waals surface area contributed by atoms with E-state index in [0.717, 1.165) is 64.9 Å². The molecule has 34 heavy (non-hydrogen) atoms. The number of thiocarbonyl (C=S) groups is 1. The predicted octanol–water partition coefficient (Wildman–Crippen LogP) is 5.00. The van der Waals surface area contributed by atoms with Gasteiger partial charge in [-0.1, -0.05) is 48.5 Å². The molecule has 3 heterocycles. The number of pyridine rings is 2. The summed E-state index contributed by atoms with van der Waals surface area (Å²) in [6, 6.07) is 22.1. The number of nitrogens with two attached hydrogens (primary N) is 1. The Labute approximate surface area is 203 Å². The average Bonchev–Trinajstić information content (AvgIpc) is 3.25. The summed E-state index contributed by atoms with van der Waals surface area (Å²) in [4.78, 5) is 13.6. The van der Waals surface area contributed by atoms with E-state index in [1.54, 1.807) is 12.4 Å². The Balaban J connectivity index is 1.36. The van der Waals surface area contributed by atoms with E-state index < -0.39 is 0 Å². The van der Waals surface area contributed by atoms with Crippen LogP contribution in [-0.4, -0.2) is 31.2 Å². The molecule has 0 saturated heterocycles. The van der Waals surface area contributed by atoms with Crippen molar-refractivity contribution >= 4 is 50.8 Å². The normalized spacial score (nSPS) is 11.1. The number of nitrogen functional groups attached to an aromatic ring is 1. The maximum absolute atomic E-state index is 6.33. The van der Waals surface area contributed by atoms with Crippen LogP contribution in [0.2, 0.25) is 0 Å². The monoisotopic (exact) mass is 467 g/mol. The number of hydrogen-bond acceptors (Lipinski definition) is 5. The van der Waals surface area contributed by atoms with Gasteiger partial charge in [0.2, 0.25) is 0 Å². The van der Waals surface area contributed by atoms with Gasteiger partial charge >= 0.3 is 0 Å². The Morgan fingerprint density at radius 2 is 1.76 bits per heavy atom. The Kier molecular flexibility index (Phi) is 6.31. The molecular formula is C26H25N7S. The van der Waals surface area contributed by atoms with E-state index in [2.05, 4.69) is 43.4 Å². The first-order valence-electron chi connectivity index (χ1n) is 11.3. The molecule has 5 rings (SSSR count). The van der Waals surface area contributed by atoms with Crippen LogP contribution in [0.4, 0.5) is 11.5 Å². The van der Waals surface area contributed by atoms with Crippen molar-refractivity contribution in [3.8, 4) is 11.4 Å². The lowest BCUT2D eigenvalue weighted by atomic mass is 10.1. The number of nitrogens with zero attached hydrogens (tertiary/aromatic N) is 4. The van der Waals surface area contributed by atoms with Crippen LogP contribution in [-0.2, 0) is 6.54 Å². The maximum Gasteiger partial charge on any atom is 0.170 e. The number of para-hydroxylation sites is 1. The highest BCUT2D eigenvalue weighted by atomic mass is 32.1. The summed E-state index contributed by atoms with van der Waals surface area (Å²) in [5, 5.41) is 8.07. The molecule has 2 aromatic carbocycles. The number of imidazole rings is 1. The van der Waals surface area contributed by atoms with Crippen molar-refractivity contribution in [2.75, 3.05) is 17.6 Å². The van der Waals surface area contributed by atoms with E-state index in [1.165, 1.54) is 0 Å². The van der Waals surface area contributed by atoms with Crippen molar-refractivity contribution in [3.05, 3.63) is 79.1 Å². The van der Waals surface area contributed by atoms with Gasteiger partial charge in [0.05, 0.1) is 22.9 Å². The molecule has 0 bridgehead atoms. The third-order valence-corrected chi connectivity index (χ3v) is 5.90. The van der Waals surface area contributed by atoms with Gasteiger partial charge in [0.25, 0.3) is 0 Å². The van der Waals surface area contributed by atoms with Crippen molar-refractivity contribution in [1.29, 1.82) is 0 Å². The summed E-state index contributed by atoms with van der Waals surface area (Å²) in [7, 11) is 0. The fourth-order valence-electron chi connectivity index (χ4n) is 4.09. The summed E-state index contributed by atoms with van der Waals surface area (Å²) < 4.78 is 2.28. The lowest BCUT2D eigenvalue weighted by Crippen LogP contribution is -2.29. The molecule has 0 unspecified atom stereocenters. The van der Waals surface area contributed by atoms with E-state index in [9.17, 15) is 0 Å². The Hall–Kier alpha value is -4.04. The zero-order valence-corrected chi connectivity index (χ0v) is 19.4. The molecule has 8 heteroatoms. The van der Waals surface area contributed by atoms with E-state index in [-0.39, 0.29) is 0 Å². The highest BCUT2D eigenvalue weighted by Gasteiger charge is 2.18. The van der Waals surface area contributed by atoms with Crippen LogP contribution in [0.5, 0.6) is 0 Å². The minimum absolute atomic E-state index is 0.457. The number of nitrogens with one attached hydrogen (secondary N) is 2. The van der Waals surface area contributed by atoms with Crippen LogP contribution < -0.4 is 16.4 Å². The molecule has 0 fully saturated rings. The molecule has 3 aromatic heterocycles. The number of anilines is 2. The second-order valence-corrected chi connectivity index (χ2v) is 8.40. The smallest absolute Gasteiger partial charge is 0.170 e. The lowest BCUT2D eigenvalue weighted by Gasteiger charge is -2.12. The molecule has 0 saturated carbocycles. The molecule has 0 amide bonds. The average molecular weight is 468 g/mol. The third-order valence-electron chi connectivity index (χ3n) is 5.66. The van der Waals surface area contributed by atoms with Crippen molar-refractivity contribution in [2.24, 2.45) is 0 Å². The standard InChI is InChI=1S/C26H25N7S/c27-24-22-23(20-12-4-5-13-21(20)31-24)33(25(32-22)18-9-2-1-3-10-18)16-7-6-15-29-26(34)30-19-11-8-14-28-17-19/h1-5,8-14,17H,6-7,15-16H2,(H2,27,31)(H2,29,30,34). The molecule has 170 valence electrons. The topological polar surface area (TPSA) is 93.7 Å². The van der Waals surface area contributed by atoms with Crippen LogP contribution >= 0.6 is 12.2 Å². The van der Waals surface area contributed by atoms with Gasteiger partial charge in [0, 0.05) is 30.2 Å². The number of fused-ring (bicyclic) bond motifs is 3. The molecule has 7 nitrogen and oxygen atoms in total. The number of aryl methyl sites for hydroxylation is 1. The van der Waals surface area contributed by atoms with Crippen molar-refractivity contribution in [3.63, 3.8) is 0 Å². The first kappa shape index (κ1) is 21.8. The molecular weight excluding hydrogens is 442 g/mol. The van der Waals surface area contributed by atoms with Gasteiger partial charge < -0.3 is 20.9 Å². The Morgan fingerprint density at radius 3 is 2.59 bits per heavy atom. The summed E-state index contributed by atoms with van der Waals surface area (Å²) in [6.07, 6.45) is 5.37. The van der Waals surface area contributed by atoms with Gasteiger partial charge in [0.15, 0.2) is 10.9 Å². The lowest BCUT2D eigenvalue weighted by molar-refractivity contribution is 0.619. The summed E-state index contributed by atoms with van der Waals surface area (Å²) in [6.45, 7) is 1.57. The van der Waals surface area contributed by atoms with Crippen molar-refractivity contribution in [1.82, 2.24) is 24.8 Å². The number of rotatable bonds is 7. The van der Waals surface area contributed by atoms with E-state index in [4.69, 9.17) is 22.9 Å². The molecule has 0 radical (unpaired) electrons. The quantitative estimate of drug-likeness (QED) is 0.229. The van der Waals surface area contributed by atoms with Crippen LogP contribution in [0.1, 0.15) is 12.8 Å². The summed E-state index contributed by atoms with van der Waals surface area (Å²) in [5.41, 5.74) is 10.9. The highest BCUT2D eigenvalue weighted by Crippen LogP contribution is 2.32. The molecule has 4 N–H and O–H groups in total. The van der Waals surface area contributed by atoms with Gasteiger partial charge in [-0.2, -0.15) is 0 Å². The highest BCUT2D eigenvalue weighted by molar-refractivity contribution is 7.80. The molecule has 5 aromatic rings. The zero-order chi connectivity index (χ0) is 23.3. The number of benzene rings is 2. The summed E-state index contributed by atoms with van der Waals surface area (Å²) >= 11 is 5.39. The van der Waals surface area contributed by atoms with Crippen molar-refractivity contribution < 1.29 is 0 Å². The molecule has 0 aliphatic heterocycles. The molecule has 0 aliphatic carbocycles. The first-order valence-corrected chi connectivity index (χ1v) is 11.7. The third kappa shape index (κ3) is 4.53. The minimum Gasteiger partial charge on any atom is -0.382 e. The fraction of sp³-hybridized carbons (Fsp3) is 0.154. The maximum atomic E-state index is 6.33. The number of hydrogen-bond donors (Lipinski definition) is 3.